The number of aromatic amines is 1. The van der Waals surface area contributed by atoms with Crippen LogP contribution in [0.25, 0.3) is 10.9 Å². The summed E-state index contributed by atoms with van der Waals surface area (Å²) >= 11 is 6.17. The summed E-state index contributed by atoms with van der Waals surface area (Å²) in [4.78, 5) is 45.4. The van der Waals surface area contributed by atoms with E-state index in [4.69, 9.17) is 11.6 Å². The van der Waals surface area contributed by atoms with E-state index in [9.17, 15) is 19.7 Å². The molecule has 0 unspecified atom stereocenters. The van der Waals surface area contributed by atoms with Crippen LogP contribution in [0.2, 0.25) is 5.02 Å². The van der Waals surface area contributed by atoms with Gasteiger partial charge in [-0.15, -0.1) is 0 Å². The monoisotopic (exact) mass is 491 g/mol. The molecule has 0 atom stereocenters. The summed E-state index contributed by atoms with van der Waals surface area (Å²) in [5, 5.41) is 15.8. The van der Waals surface area contributed by atoms with E-state index in [1.165, 1.54) is 23.1 Å². The van der Waals surface area contributed by atoms with Crippen molar-refractivity contribution in [2.75, 3.05) is 11.9 Å². The van der Waals surface area contributed by atoms with E-state index < -0.39 is 10.8 Å². The highest BCUT2D eigenvalue weighted by Gasteiger charge is 2.21. The first kappa shape index (κ1) is 23.9. The van der Waals surface area contributed by atoms with E-state index in [0.717, 1.165) is 5.56 Å². The Kier molecular flexibility index (Phi) is 7.07. The summed E-state index contributed by atoms with van der Waals surface area (Å²) in [5.74, 6) is -0.0829. The van der Waals surface area contributed by atoms with Crippen molar-refractivity contribution >= 4 is 39.8 Å². The maximum atomic E-state index is 13.2. The third-order valence-corrected chi connectivity index (χ3v) is 5.91. The van der Waals surface area contributed by atoms with Crippen molar-refractivity contribution in [3.05, 3.63) is 109 Å². The molecule has 0 fully saturated rings. The zero-order valence-electron chi connectivity index (χ0n) is 18.8. The molecule has 0 spiro atoms. The Balaban J connectivity index is 1.56. The molecule has 0 radical (unpaired) electrons. The molecule has 0 aliphatic rings. The Hall–Kier alpha value is -4.24. The Bertz CT molecular complexity index is 1470. The number of nitro groups is 1. The molecule has 1 amide bonds. The largest absolute Gasteiger partial charge is 0.375 e. The molecule has 35 heavy (non-hydrogen) atoms. The van der Waals surface area contributed by atoms with E-state index in [1.54, 1.807) is 43.3 Å². The van der Waals surface area contributed by atoms with Gasteiger partial charge in [0.25, 0.3) is 17.2 Å². The fraction of sp³-hybridized carbons (Fsp3) is 0.160. The van der Waals surface area contributed by atoms with E-state index in [1.807, 2.05) is 12.1 Å². The molecule has 0 aliphatic heterocycles. The number of benzene rings is 3. The van der Waals surface area contributed by atoms with Gasteiger partial charge in [-0.1, -0.05) is 41.9 Å². The number of nitro benzene ring substituents is 1. The number of aromatic nitrogens is 2. The number of halogens is 1. The number of H-pyrrole nitrogens is 1. The van der Waals surface area contributed by atoms with Crippen LogP contribution in [0.4, 0.5) is 11.4 Å². The standard InChI is InChI=1S/C25H22ClN5O4/c1-2-30(15-23-28-20-10-6-4-8-18(20)24(32)29-23)25(33)16-11-12-21(22(13-16)31(34)35)27-14-17-7-3-5-9-19(17)26/h3-13,27H,2,14-15H2,1H3,(H,28,29,32). The molecule has 1 aromatic heterocycles. The number of para-hydroxylation sites is 1. The maximum absolute atomic E-state index is 13.2. The number of rotatable bonds is 8. The average Bonchev–Trinajstić information content (AvgIpc) is 2.86. The number of anilines is 1. The molecule has 3 aromatic carbocycles. The highest BCUT2D eigenvalue weighted by molar-refractivity contribution is 6.31. The summed E-state index contributed by atoms with van der Waals surface area (Å²) in [5.41, 5.74) is 1.23. The van der Waals surface area contributed by atoms with Crippen molar-refractivity contribution in [1.29, 1.82) is 0 Å². The zero-order chi connectivity index (χ0) is 24.9. The average molecular weight is 492 g/mol. The molecule has 1 heterocycles. The molecule has 0 saturated heterocycles. The fourth-order valence-electron chi connectivity index (χ4n) is 3.70. The summed E-state index contributed by atoms with van der Waals surface area (Å²) in [7, 11) is 0. The molecule has 178 valence electrons. The highest BCUT2D eigenvalue weighted by Crippen LogP contribution is 2.28. The van der Waals surface area contributed by atoms with Crippen LogP contribution in [0.5, 0.6) is 0 Å². The molecule has 10 heteroatoms. The lowest BCUT2D eigenvalue weighted by Gasteiger charge is -2.20. The van der Waals surface area contributed by atoms with Crippen LogP contribution >= 0.6 is 11.6 Å². The minimum Gasteiger partial charge on any atom is -0.375 e. The van der Waals surface area contributed by atoms with Crippen LogP contribution < -0.4 is 10.9 Å². The SMILES string of the molecule is CCN(Cc1nc2ccccc2c(=O)[nH]1)C(=O)c1ccc(NCc2ccccc2Cl)c([N+](=O)[O-])c1. The van der Waals surface area contributed by atoms with Crippen LogP contribution in [0, 0.1) is 10.1 Å². The van der Waals surface area contributed by atoms with Crippen LogP contribution in [0.1, 0.15) is 28.7 Å². The Morgan fingerprint density at radius 3 is 2.63 bits per heavy atom. The second kappa shape index (κ2) is 10.4. The summed E-state index contributed by atoms with van der Waals surface area (Å²) in [6, 6.07) is 18.4. The van der Waals surface area contributed by atoms with Gasteiger partial charge in [-0.25, -0.2) is 4.98 Å². The van der Waals surface area contributed by atoms with E-state index in [2.05, 4.69) is 15.3 Å². The van der Waals surface area contributed by atoms with E-state index in [0.29, 0.717) is 28.3 Å². The first-order valence-corrected chi connectivity index (χ1v) is 11.3. The molecule has 0 saturated carbocycles. The highest BCUT2D eigenvalue weighted by atomic mass is 35.5. The summed E-state index contributed by atoms with van der Waals surface area (Å²) in [6.07, 6.45) is 0. The fourth-order valence-corrected chi connectivity index (χ4v) is 3.90. The molecule has 0 aliphatic carbocycles. The Labute approximate surface area is 205 Å². The van der Waals surface area contributed by atoms with Gasteiger partial charge in [0.2, 0.25) is 0 Å². The normalized spacial score (nSPS) is 10.8. The lowest BCUT2D eigenvalue weighted by Crippen LogP contribution is -2.32. The number of fused-ring (bicyclic) bond motifs is 1. The number of nitrogens with zero attached hydrogens (tertiary/aromatic N) is 3. The maximum Gasteiger partial charge on any atom is 0.293 e. The van der Waals surface area contributed by atoms with Crippen LogP contribution in [0.15, 0.2) is 71.5 Å². The molecule has 9 nitrogen and oxygen atoms in total. The number of nitrogens with one attached hydrogen (secondary N) is 2. The molecular weight excluding hydrogens is 470 g/mol. The van der Waals surface area contributed by atoms with Crippen LogP contribution in [0.3, 0.4) is 0 Å². The van der Waals surface area contributed by atoms with Gasteiger partial charge in [-0.05, 0) is 42.8 Å². The third kappa shape index (κ3) is 5.30. The number of hydrogen-bond acceptors (Lipinski definition) is 6. The van der Waals surface area contributed by atoms with Gasteiger partial charge < -0.3 is 15.2 Å². The van der Waals surface area contributed by atoms with Gasteiger partial charge in [-0.2, -0.15) is 0 Å². The number of hydrogen-bond donors (Lipinski definition) is 2. The smallest absolute Gasteiger partial charge is 0.293 e. The van der Waals surface area contributed by atoms with Crippen molar-refractivity contribution in [3.8, 4) is 0 Å². The first-order valence-electron chi connectivity index (χ1n) is 10.9. The lowest BCUT2D eigenvalue weighted by molar-refractivity contribution is -0.384. The van der Waals surface area contributed by atoms with E-state index in [-0.39, 0.29) is 35.6 Å². The van der Waals surface area contributed by atoms with Crippen molar-refractivity contribution < 1.29 is 9.72 Å². The third-order valence-electron chi connectivity index (χ3n) is 5.54. The Morgan fingerprint density at radius 2 is 1.89 bits per heavy atom. The Morgan fingerprint density at radius 1 is 1.14 bits per heavy atom. The number of carbonyl (C=O) groups is 1. The molecule has 2 N–H and O–H groups in total. The molecule has 4 aromatic rings. The van der Waals surface area contributed by atoms with Crippen molar-refractivity contribution in [1.82, 2.24) is 14.9 Å². The van der Waals surface area contributed by atoms with Crippen molar-refractivity contribution in [2.24, 2.45) is 0 Å². The zero-order valence-corrected chi connectivity index (χ0v) is 19.6. The minimum atomic E-state index is -0.537. The number of carbonyl (C=O) groups excluding carboxylic acids is 1. The predicted molar refractivity (Wildman–Crippen MR) is 135 cm³/mol. The first-order chi connectivity index (χ1) is 16.9. The molecule has 4 rings (SSSR count). The van der Waals surface area contributed by atoms with Crippen LogP contribution in [-0.4, -0.2) is 32.2 Å². The van der Waals surface area contributed by atoms with Gasteiger partial charge >= 0.3 is 0 Å². The number of amides is 1. The van der Waals surface area contributed by atoms with Crippen LogP contribution in [-0.2, 0) is 13.1 Å². The van der Waals surface area contributed by atoms with Gasteiger partial charge in [0.1, 0.15) is 11.5 Å². The second-order valence-corrected chi connectivity index (χ2v) is 8.19. The molecule has 0 bridgehead atoms. The summed E-state index contributed by atoms with van der Waals surface area (Å²) < 4.78 is 0. The summed E-state index contributed by atoms with van der Waals surface area (Å²) in [6.45, 7) is 2.44. The van der Waals surface area contributed by atoms with Gasteiger partial charge in [0, 0.05) is 29.7 Å². The molecular formula is C25H22ClN5O4. The van der Waals surface area contributed by atoms with Crippen molar-refractivity contribution in [3.63, 3.8) is 0 Å². The van der Waals surface area contributed by atoms with Gasteiger partial charge in [0.15, 0.2) is 0 Å². The van der Waals surface area contributed by atoms with Crippen molar-refractivity contribution in [2.45, 2.75) is 20.0 Å². The van der Waals surface area contributed by atoms with Gasteiger partial charge in [0.05, 0.1) is 22.4 Å². The quantitative estimate of drug-likeness (QED) is 0.271. The second-order valence-electron chi connectivity index (χ2n) is 7.78. The topological polar surface area (TPSA) is 121 Å². The lowest BCUT2D eigenvalue weighted by atomic mass is 10.1. The van der Waals surface area contributed by atoms with Gasteiger partial charge in [-0.3, -0.25) is 19.7 Å². The predicted octanol–water partition coefficient (Wildman–Crippen LogP) is 4.76. The minimum absolute atomic E-state index is 0.0513. The van der Waals surface area contributed by atoms with E-state index >= 15 is 0 Å².